The van der Waals surface area contributed by atoms with E-state index in [1.165, 1.54) is 22.0 Å². The molecule has 0 bridgehead atoms. The van der Waals surface area contributed by atoms with E-state index in [9.17, 15) is 13.2 Å². The minimum atomic E-state index is -3.84. The Balaban J connectivity index is 1.55. The number of para-hydroxylation sites is 1. The van der Waals surface area contributed by atoms with E-state index >= 15 is 0 Å². The van der Waals surface area contributed by atoms with Crippen molar-refractivity contribution in [1.29, 1.82) is 0 Å². The van der Waals surface area contributed by atoms with Gasteiger partial charge in [-0.2, -0.15) is 5.10 Å². The molecule has 1 amide bonds. The lowest BCUT2D eigenvalue weighted by Gasteiger charge is -2.23. The van der Waals surface area contributed by atoms with Crippen LogP contribution in [-0.4, -0.2) is 30.7 Å². The Bertz CT molecular complexity index is 1380. The molecule has 0 fully saturated rings. The fraction of sp³-hybridized carbons (Fsp3) is 0.154. The number of carbonyl (C=O) groups is 1. The Morgan fingerprint density at radius 2 is 1.71 bits per heavy atom. The van der Waals surface area contributed by atoms with Crippen LogP contribution in [0.4, 0.5) is 11.5 Å². The third-order valence-corrected chi connectivity index (χ3v) is 7.33. The number of amides is 1. The molecule has 1 N–H and O–H groups in total. The molecule has 0 aliphatic heterocycles. The van der Waals surface area contributed by atoms with Gasteiger partial charge in [0, 0.05) is 18.2 Å². The van der Waals surface area contributed by atoms with Gasteiger partial charge in [0.2, 0.25) is 0 Å². The summed E-state index contributed by atoms with van der Waals surface area (Å²) >= 11 is 0. The van der Waals surface area contributed by atoms with Gasteiger partial charge in [0.05, 0.1) is 23.3 Å². The van der Waals surface area contributed by atoms with Crippen LogP contribution in [0.15, 0.2) is 96.0 Å². The van der Waals surface area contributed by atoms with Crippen molar-refractivity contribution in [1.82, 2.24) is 9.78 Å². The molecule has 7 nitrogen and oxygen atoms in total. The molecule has 3 aromatic carbocycles. The highest BCUT2D eigenvalue weighted by Crippen LogP contribution is 2.24. The van der Waals surface area contributed by atoms with E-state index in [1.54, 1.807) is 60.3 Å². The van der Waals surface area contributed by atoms with Gasteiger partial charge in [-0.15, -0.1) is 0 Å². The molecule has 34 heavy (non-hydrogen) atoms. The number of sulfonamides is 1. The van der Waals surface area contributed by atoms with E-state index in [-0.39, 0.29) is 17.0 Å². The van der Waals surface area contributed by atoms with Gasteiger partial charge in [-0.05, 0) is 49.7 Å². The monoisotopic (exact) mass is 474 g/mol. The zero-order valence-electron chi connectivity index (χ0n) is 19.0. The molecule has 4 aromatic rings. The zero-order valence-corrected chi connectivity index (χ0v) is 19.9. The lowest BCUT2D eigenvalue weighted by molar-refractivity contribution is 0.102. The Morgan fingerprint density at radius 3 is 2.41 bits per heavy atom. The maximum absolute atomic E-state index is 13.3. The van der Waals surface area contributed by atoms with Gasteiger partial charge in [-0.3, -0.25) is 9.10 Å². The highest BCUT2D eigenvalue weighted by molar-refractivity contribution is 7.92. The number of benzene rings is 3. The van der Waals surface area contributed by atoms with Crippen molar-refractivity contribution < 1.29 is 13.2 Å². The molecule has 174 valence electrons. The Labute approximate surface area is 199 Å². The second-order valence-corrected chi connectivity index (χ2v) is 9.71. The van der Waals surface area contributed by atoms with Gasteiger partial charge in [0.25, 0.3) is 15.9 Å². The van der Waals surface area contributed by atoms with Crippen molar-refractivity contribution in [3.05, 3.63) is 108 Å². The Hall–Kier alpha value is -3.91. The average Bonchev–Trinajstić information content (AvgIpc) is 3.28. The SMILES string of the molecule is CCN(c1ccccc1)S(=O)(=O)c1cccc(C(=O)Nc2ccnn2Cc2ccc(C)cc2)c1. The number of hydrogen-bond acceptors (Lipinski definition) is 4. The first-order valence-corrected chi connectivity index (χ1v) is 12.4. The fourth-order valence-corrected chi connectivity index (χ4v) is 5.15. The van der Waals surface area contributed by atoms with Crippen molar-refractivity contribution in [2.45, 2.75) is 25.3 Å². The van der Waals surface area contributed by atoms with Crippen LogP contribution in [0.2, 0.25) is 0 Å². The molecule has 0 atom stereocenters. The van der Waals surface area contributed by atoms with E-state index in [1.807, 2.05) is 37.3 Å². The number of carbonyl (C=O) groups excluding carboxylic acids is 1. The topological polar surface area (TPSA) is 84.3 Å². The predicted octanol–water partition coefficient (Wildman–Crippen LogP) is 4.71. The van der Waals surface area contributed by atoms with E-state index in [4.69, 9.17) is 0 Å². The summed E-state index contributed by atoms with van der Waals surface area (Å²) in [4.78, 5) is 13.0. The number of aryl methyl sites for hydroxylation is 1. The lowest BCUT2D eigenvalue weighted by atomic mass is 10.1. The first-order valence-electron chi connectivity index (χ1n) is 10.9. The number of anilines is 2. The zero-order chi connectivity index (χ0) is 24.1. The maximum Gasteiger partial charge on any atom is 0.264 e. The van der Waals surface area contributed by atoms with Crippen LogP contribution in [0.3, 0.4) is 0 Å². The summed E-state index contributed by atoms with van der Waals surface area (Å²) in [5.74, 6) is 0.115. The van der Waals surface area contributed by atoms with Gasteiger partial charge in [0.1, 0.15) is 5.82 Å². The van der Waals surface area contributed by atoms with Crippen molar-refractivity contribution >= 4 is 27.4 Å². The standard InChI is InChI=1S/C26H26N4O3S/c1-3-30(23-9-5-4-6-10-23)34(32,33)24-11-7-8-22(18-24)26(31)28-25-16-17-27-29(25)19-21-14-12-20(2)13-15-21/h4-18H,3,19H2,1-2H3,(H,28,31). The highest BCUT2D eigenvalue weighted by atomic mass is 32.2. The van der Waals surface area contributed by atoms with Crippen molar-refractivity contribution in [3.8, 4) is 0 Å². The number of hydrogen-bond donors (Lipinski definition) is 1. The molecular formula is C26H26N4O3S. The summed E-state index contributed by atoms with van der Waals surface area (Å²) in [5, 5.41) is 7.15. The maximum atomic E-state index is 13.3. The third-order valence-electron chi connectivity index (χ3n) is 5.43. The highest BCUT2D eigenvalue weighted by Gasteiger charge is 2.24. The summed E-state index contributed by atoms with van der Waals surface area (Å²) in [7, 11) is -3.84. The van der Waals surface area contributed by atoms with Crippen LogP contribution in [0.25, 0.3) is 0 Å². The van der Waals surface area contributed by atoms with Crippen molar-refractivity contribution in [2.75, 3.05) is 16.2 Å². The molecule has 0 radical (unpaired) electrons. The van der Waals surface area contributed by atoms with E-state index < -0.39 is 15.9 Å². The molecule has 0 spiro atoms. The van der Waals surface area contributed by atoms with Gasteiger partial charge >= 0.3 is 0 Å². The Kier molecular flexibility index (Phi) is 6.79. The molecule has 0 saturated heterocycles. The number of nitrogens with one attached hydrogen (secondary N) is 1. The van der Waals surface area contributed by atoms with Crippen LogP contribution in [0.5, 0.6) is 0 Å². The lowest BCUT2D eigenvalue weighted by Crippen LogP contribution is -2.31. The molecule has 1 heterocycles. The van der Waals surface area contributed by atoms with Crippen LogP contribution < -0.4 is 9.62 Å². The smallest absolute Gasteiger partial charge is 0.264 e. The van der Waals surface area contributed by atoms with Crippen LogP contribution in [-0.2, 0) is 16.6 Å². The number of nitrogens with zero attached hydrogens (tertiary/aromatic N) is 3. The molecule has 0 aliphatic carbocycles. The molecular weight excluding hydrogens is 448 g/mol. The van der Waals surface area contributed by atoms with Crippen molar-refractivity contribution in [3.63, 3.8) is 0 Å². The minimum Gasteiger partial charge on any atom is -0.307 e. The van der Waals surface area contributed by atoms with Gasteiger partial charge in [-0.25, -0.2) is 13.1 Å². The molecule has 1 aromatic heterocycles. The normalized spacial score (nSPS) is 11.2. The summed E-state index contributed by atoms with van der Waals surface area (Å²) < 4.78 is 29.6. The van der Waals surface area contributed by atoms with Crippen LogP contribution in [0.1, 0.15) is 28.4 Å². The summed E-state index contributed by atoms with van der Waals surface area (Å²) in [5.41, 5.74) is 3.04. The molecule has 4 rings (SSSR count). The predicted molar refractivity (Wildman–Crippen MR) is 134 cm³/mol. The van der Waals surface area contributed by atoms with Gasteiger partial charge in [-0.1, -0.05) is 54.1 Å². The summed E-state index contributed by atoms with van der Waals surface area (Å²) in [6.07, 6.45) is 1.61. The second kappa shape index (κ2) is 9.93. The number of rotatable bonds is 8. The van der Waals surface area contributed by atoms with E-state index in [0.717, 1.165) is 5.56 Å². The quantitative estimate of drug-likeness (QED) is 0.401. The summed E-state index contributed by atoms with van der Waals surface area (Å²) in [6.45, 7) is 4.56. The van der Waals surface area contributed by atoms with Crippen LogP contribution >= 0.6 is 0 Å². The van der Waals surface area contributed by atoms with Crippen LogP contribution in [0, 0.1) is 6.92 Å². The fourth-order valence-electron chi connectivity index (χ4n) is 3.63. The summed E-state index contributed by atoms with van der Waals surface area (Å²) in [6, 6.07) is 24.8. The Morgan fingerprint density at radius 1 is 0.971 bits per heavy atom. The van der Waals surface area contributed by atoms with Crippen molar-refractivity contribution in [2.24, 2.45) is 0 Å². The largest absolute Gasteiger partial charge is 0.307 e. The first-order chi connectivity index (χ1) is 16.4. The molecule has 0 aliphatic rings. The number of aromatic nitrogens is 2. The van der Waals surface area contributed by atoms with E-state index in [0.29, 0.717) is 18.1 Å². The molecule has 8 heteroatoms. The second-order valence-electron chi connectivity index (χ2n) is 7.85. The minimum absolute atomic E-state index is 0.0546. The van der Waals surface area contributed by atoms with E-state index in [2.05, 4.69) is 10.4 Å². The molecule has 0 unspecified atom stereocenters. The molecule has 0 saturated carbocycles. The third kappa shape index (κ3) is 5.02. The van der Waals surface area contributed by atoms with Gasteiger partial charge < -0.3 is 5.32 Å². The average molecular weight is 475 g/mol. The first kappa shape index (κ1) is 23.3. The van der Waals surface area contributed by atoms with Gasteiger partial charge in [0.15, 0.2) is 0 Å².